The van der Waals surface area contributed by atoms with Gasteiger partial charge < -0.3 is 4.90 Å². The lowest BCUT2D eigenvalue weighted by Crippen LogP contribution is -2.48. The van der Waals surface area contributed by atoms with Crippen molar-refractivity contribution < 1.29 is 0 Å². The predicted molar refractivity (Wildman–Crippen MR) is 78.6 cm³/mol. The van der Waals surface area contributed by atoms with E-state index in [1.807, 2.05) is 23.1 Å². The Kier molecular flexibility index (Phi) is 2.56. The van der Waals surface area contributed by atoms with E-state index < -0.39 is 0 Å². The van der Waals surface area contributed by atoms with Crippen LogP contribution < -0.4 is 4.90 Å². The van der Waals surface area contributed by atoms with Crippen molar-refractivity contribution in [1.29, 1.82) is 0 Å². The highest BCUT2D eigenvalue weighted by Crippen LogP contribution is 2.33. The van der Waals surface area contributed by atoms with Gasteiger partial charge in [0.05, 0.1) is 26.9 Å². The highest BCUT2D eigenvalue weighted by Gasteiger charge is 2.31. The Bertz CT molecular complexity index is 730. The minimum absolute atomic E-state index is 0.427. The molecule has 1 aliphatic heterocycles. The van der Waals surface area contributed by atoms with Gasteiger partial charge >= 0.3 is 0 Å². The molecule has 0 spiro atoms. The molecular weight excluding hydrogens is 326 g/mol. The fourth-order valence-electron chi connectivity index (χ4n) is 2.31. The molecule has 1 saturated heterocycles. The van der Waals surface area contributed by atoms with E-state index in [1.54, 1.807) is 17.7 Å². The molecule has 0 saturated carbocycles. The van der Waals surface area contributed by atoms with Gasteiger partial charge in [0.2, 0.25) is 0 Å². The van der Waals surface area contributed by atoms with Crippen LogP contribution in [0.15, 0.2) is 34.6 Å². The molecular formula is C12H10BrN5S. The molecule has 19 heavy (non-hydrogen) atoms. The van der Waals surface area contributed by atoms with Crippen molar-refractivity contribution in [3.05, 3.63) is 34.6 Å². The molecule has 4 rings (SSSR count). The second-order valence-electron chi connectivity index (χ2n) is 4.53. The highest BCUT2D eigenvalue weighted by atomic mass is 79.9. The summed E-state index contributed by atoms with van der Waals surface area (Å²) in [6.07, 6.45) is 5.48. The second kappa shape index (κ2) is 4.28. The molecule has 3 aromatic rings. The van der Waals surface area contributed by atoms with Crippen LogP contribution in [0.25, 0.3) is 10.2 Å². The van der Waals surface area contributed by atoms with Crippen LogP contribution in [0.4, 0.5) is 5.82 Å². The Morgan fingerprint density at radius 2 is 2.21 bits per heavy atom. The van der Waals surface area contributed by atoms with E-state index in [-0.39, 0.29) is 0 Å². The normalized spacial score (nSPS) is 15.9. The van der Waals surface area contributed by atoms with Crippen LogP contribution in [0, 0.1) is 0 Å². The van der Waals surface area contributed by atoms with Crippen LogP contribution in [0.2, 0.25) is 0 Å². The van der Waals surface area contributed by atoms with E-state index in [4.69, 9.17) is 0 Å². The van der Waals surface area contributed by atoms with Gasteiger partial charge in [-0.3, -0.25) is 4.68 Å². The average Bonchev–Trinajstić information content (AvgIpc) is 2.96. The van der Waals surface area contributed by atoms with E-state index in [0.29, 0.717) is 6.04 Å². The molecule has 5 nitrogen and oxygen atoms in total. The highest BCUT2D eigenvalue weighted by molar-refractivity contribution is 9.10. The minimum atomic E-state index is 0.427. The molecule has 0 unspecified atom stereocenters. The predicted octanol–water partition coefficient (Wildman–Crippen LogP) is 2.71. The van der Waals surface area contributed by atoms with E-state index in [1.165, 1.54) is 4.70 Å². The standard InChI is InChI=1S/C12H10BrN5S/c13-8-3-16-18(4-8)9-5-17(6-9)12-11-10(1-2-19-11)14-7-15-12/h1-4,7,9H,5-6H2. The Hall–Kier alpha value is -1.47. The second-order valence-corrected chi connectivity index (χ2v) is 6.36. The van der Waals surface area contributed by atoms with Gasteiger partial charge in [0.1, 0.15) is 12.1 Å². The fourth-order valence-corrected chi connectivity index (χ4v) is 3.47. The molecule has 7 heteroatoms. The maximum atomic E-state index is 4.42. The lowest BCUT2D eigenvalue weighted by atomic mass is 10.1. The summed E-state index contributed by atoms with van der Waals surface area (Å²) in [6, 6.07) is 2.46. The van der Waals surface area contributed by atoms with Crippen molar-refractivity contribution >= 4 is 43.3 Å². The zero-order chi connectivity index (χ0) is 12.8. The number of nitrogens with zero attached hydrogens (tertiary/aromatic N) is 5. The molecule has 0 N–H and O–H groups in total. The quantitative estimate of drug-likeness (QED) is 0.722. The number of fused-ring (bicyclic) bond motifs is 1. The van der Waals surface area contributed by atoms with Crippen molar-refractivity contribution in [2.75, 3.05) is 18.0 Å². The molecule has 4 heterocycles. The molecule has 96 valence electrons. The van der Waals surface area contributed by atoms with Gasteiger partial charge in [-0.25, -0.2) is 9.97 Å². The van der Waals surface area contributed by atoms with E-state index in [0.717, 1.165) is 28.9 Å². The molecule has 0 radical (unpaired) electrons. The Morgan fingerprint density at radius 3 is 3.00 bits per heavy atom. The first kappa shape index (κ1) is 11.4. The molecule has 0 bridgehead atoms. The summed E-state index contributed by atoms with van der Waals surface area (Å²) in [4.78, 5) is 11.0. The van der Waals surface area contributed by atoms with E-state index in [2.05, 4.69) is 41.3 Å². The van der Waals surface area contributed by atoms with Gasteiger partial charge in [0.15, 0.2) is 0 Å². The first-order chi connectivity index (χ1) is 9.31. The lowest BCUT2D eigenvalue weighted by Gasteiger charge is -2.40. The number of anilines is 1. The summed E-state index contributed by atoms with van der Waals surface area (Å²) in [5.74, 6) is 1.04. The number of hydrogen-bond donors (Lipinski definition) is 0. The number of thiophene rings is 1. The topological polar surface area (TPSA) is 46.8 Å². The van der Waals surface area contributed by atoms with Crippen LogP contribution in [-0.2, 0) is 0 Å². The van der Waals surface area contributed by atoms with Crippen molar-refractivity contribution in [1.82, 2.24) is 19.7 Å². The zero-order valence-electron chi connectivity index (χ0n) is 9.90. The van der Waals surface area contributed by atoms with Crippen LogP contribution in [0.3, 0.4) is 0 Å². The number of aromatic nitrogens is 4. The van der Waals surface area contributed by atoms with Crippen molar-refractivity contribution in [2.24, 2.45) is 0 Å². The molecule has 3 aromatic heterocycles. The molecule has 0 aliphatic carbocycles. The Labute approximate surface area is 122 Å². The van der Waals surface area contributed by atoms with Crippen molar-refractivity contribution in [3.63, 3.8) is 0 Å². The van der Waals surface area contributed by atoms with Crippen molar-refractivity contribution in [2.45, 2.75) is 6.04 Å². The largest absolute Gasteiger partial charge is 0.351 e. The summed E-state index contributed by atoms with van der Waals surface area (Å²) in [5, 5.41) is 6.39. The fraction of sp³-hybridized carbons (Fsp3) is 0.250. The van der Waals surface area contributed by atoms with Crippen LogP contribution in [0.1, 0.15) is 6.04 Å². The average molecular weight is 336 g/mol. The van der Waals surface area contributed by atoms with Gasteiger partial charge in [-0.1, -0.05) is 0 Å². The summed E-state index contributed by atoms with van der Waals surface area (Å²) in [7, 11) is 0. The molecule has 0 atom stereocenters. The van der Waals surface area contributed by atoms with Gasteiger partial charge in [-0.15, -0.1) is 11.3 Å². The first-order valence-corrected chi connectivity index (χ1v) is 7.61. The van der Waals surface area contributed by atoms with E-state index in [9.17, 15) is 0 Å². The van der Waals surface area contributed by atoms with Gasteiger partial charge in [-0.2, -0.15) is 5.10 Å². The van der Waals surface area contributed by atoms with Crippen LogP contribution in [0.5, 0.6) is 0 Å². The first-order valence-electron chi connectivity index (χ1n) is 5.94. The molecule has 0 aromatic carbocycles. The summed E-state index contributed by atoms with van der Waals surface area (Å²) in [5.41, 5.74) is 1.03. The van der Waals surface area contributed by atoms with Gasteiger partial charge in [0, 0.05) is 19.3 Å². The third-order valence-corrected chi connectivity index (χ3v) is 4.64. The Balaban J connectivity index is 1.58. The summed E-state index contributed by atoms with van der Waals surface area (Å²) >= 11 is 5.12. The van der Waals surface area contributed by atoms with Gasteiger partial charge in [-0.05, 0) is 27.4 Å². The van der Waals surface area contributed by atoms with Gasteiger partial charge in [0.25, 0.3) is 0 Å². The smallest absolute Gasteiger partial charge is 0.150 e. The van der Waals surface area contributed by atoms with E-state index >= 15 is 0 Å². The number of rotatable bonds is 2. The zero-order valence-corrected chi connectivity index (χ0v) is 12.3. The molecule has 1 aliphatic rings. The number of halogens is 1. The monoisotopic (exact) mass is 335 g/mol. The van der Waals surface area contributed by atoms with Crippen LogP contribution >= 0.6 is 27.3 Å². The third-order valence-electron chi connectivity index (χ3n) is 3.33. The van der Waals surface area contributed by atoms with Crippen molar-refractivity contribution in [3.8, 4) is 0 Å². The molecule has 1 fully saturated rings. The lowest BCUT2D eigenvalue weighted by molar-refractivity contribution is 0.366. The summed E-state index contributed by atoms with van der Waals surface area (Å²) < 4.78 is 4.20. The molecule has 0 amide bonds. The minimum Gasteiger partial charge on any atom is -0.351 e. The van der Waals surface area contributed by atoms with Crippen LogP contribution in [-0.4, -0.2) is 32.8 Å². The Morgan fingerprint density at radius 1 is 1.32 bits per heavy atom. The summed E-state index contributed by atoms with van der Waals surface area (Å²) in [6.45, 7) is 1.89. The third kappa shape index (κ3) is 1.84. The maximum Gasteiger partial charge on any atom is 0.150 e. The maximum absolute atomic E-state index is 4.42. The SMILES string of the molecule is Brc1cnn(C2CN(c3ncnc4ccsc34)C2)c1. The number of hydrogen-bond acceptors (Lipinski definition) is 5.